The molecule has 0 N–H and O–H groups in total. The molecule has 0 amide bonds. The fourth-order valence-electron chi connectivity index (χ4n) is 4.97. The SMILES string of the molecule is CC[n+]1ccsc1/N=N/c1ccc(N2CCCN(c3ccc(/N=N/c4scc[n+]4CC)c(OC)c3)CCC2)cc1OC. The summed E-state index contributed by atoms with van der Waals surface area (Å²) in [6.07, 6.45) is 6.10. The van der Waals surface area contributed by atoms with Gasteiger partial charge in [-0.15, -0.1) is 0 Å². The Morgan fingerprint density at radius 1 is 0.667 bits per heavy atom. The second-order valence-corrected chi connectivity index (χ2v) is 11.5. The molecular formula is C30H38N8O2S2+2. The third-order valence-corrected chi connectivity index (χ3v) is 8.83. The number of aryl methyl sites for hydroxylation is 2. The molecule has 12 heteroatoms. The highest BCUT2D eigenvalue weighted by atomic mass is 32.1. The number of aromatic nitrogens is 2. The maximum atomic E-state index is 5.70. The first-order valence-corrected chi connectivity index (χ1v) is 16.0. The standard InChI is InChI=1S/C30H38N8O2S2/c1-5-35-17-19-41-29(35)33-31-25-11-9-23(21-27(25)39-3)37-13-7-15-38(16-8-14-37)24-10-12-26(28(22-24)40-4)32-34-30-36(6-2)18-20-42-30/h9-12,17-22H,5-8,13-16H2,1-4H3/q+2. The summed E-state index contributed by atoms with van der Waals surface area (Å²) in [5.74, 6) is 1.46. The highest BCUT2D eigenvalue weighted by Crippen LogP contribution is 2.35. The molecule has 3 heterocycles. The predicted octanol–water partition coefficient (Wildman–Crippen LogP) is 7.38. The zero-order chi connectivity index (χ0) is 29.3. The lowest BCUT2D eigenvalue weighted by molar-refractivity contribution is -0.677. The van der Waals surface area contributed by atoms with Crippen LogP contribution >= 0.6 is 22.7 Å². The van der Waals surface area contributed by atoms with Gasteiger partial charge in [0.25, 0.3) is 0 Å². The van der Waals surface area contributed by atoms with Crippen LogP contribution in [0.1, 0.15) is 26.7 Å². The van der Waals surface area contributed by atoms with Crippen LogP contribution in [0.2, 0.25) is 0 Å². The third kappa shape index (κ3) is 6.93. The van der Waals surface area contributed by atoms with Crippen LogP contribution in [0.15, 0.2) is 80.0 Å². The summed E-state index contributed by atoms with van der Waals surface area (Å²) in [5.41, 5.74) is 3.75. The number of methoxy groups -OCH3 is 2. The molecular weight excluding hydrogens is 569 g/mol. The zero-order valence-electron chi connectivity index (χ0n) is 24.6. The number of benzene rings is 2. The van der Waals surface area contributed by atoms with E-state index < -0.39 is 0 Å². The summed E-state index contributed by atoms with van der Waals surface area (Å²) in [6.45, 7) is 9.72. The molecule has 1 aliphatic rings. The van der Waals surface area contributed by atoms with Crippen molar-refractivity contribution in [2.75, 3.05) is 50.2 Å². The number of thiazole rings is 2. The van der Waals surface area contributed by atoms with Gasteiger partial charge >= 0.3 is 10.3 Å². The van der Waals surface area contributed by atoms with Crippen molar-refractivity contribution in [3.8, 4) is 11.5 Å². The van der Waals surface area contributed by atoms with Crippen LogP contribution in [-0.2, 0) is 13.1 Å². The van der Waals surface area contributed by atoms with E-state index in [1.165, 1.54) is 0 Å². The maximum absolute atomic E-state index is 5.70. The minimum Gasteiger partial charge on any atom is -0.494 e. The van der Waals surface area contributed by atoms with Gasteiger partial charge < -0.3 is 19.3 Å². The van der Waals surface area contributed by atoms with Gasteiger partial charge in [0.1, 0.15) is 12.4 Å². The van der Waals surface area contributed by atoms with E-state index in [2.05, 4.69) is 77.5 Å². The first kappa shape index (κ1) is 29.6. The van der Waals surface area contributed by atoms with Gasteiger partial charge in [-0.2, -0.15) is 0 Å². The van der Waals surface area contributed by atoms with Crippen LogP contribution in [0.3, 0.4) is 0 Å². The van der Waals surface area contributed by atoms with Gasteiger partial charge in [-0.25, -0.2) is 9.13 Å². The number of anilines is 2. The van der Waals surface area contributed by atoms with Crippen LogP contribution in [0, 0.1) is 0 Å². The van der Waals surface area contributed by atoms with Crippen LogP contribution in [0.4, 0.5) is 33.0 Å². The smallest absolute Gasteiger partial charge is 0.408 e. The Kier molecular flexibility index (Phi) is 10.1. The molecule has 0 radical (unpaired) electrons. The van der Waals surface area contributed by atoms with Crippen LogP contribution in [0.5, 0.6) is 11.5 Å². The Hall–Kier alpha value is -3.90. The molecule has 1 fully saturated rings. The van der Waals surface area contributed by atoms with Crippen molar-refractivity contribution in [2.24, 2.45) is 20.5 Å². The zero-order valence-corrected chi connectivity index (χ0v) is 26.3. The lowest BCUT2D eigenvalue weighted by Gasteiger charge is -2.33. The van der Waals surface area contributed by atoms with Crippen molar-refractivity contribution in [2.45, 2.75) is 39.8 Å². The maximum Gasteiger partial charge on any atom is 0.408 e. The molecule has 4 aromatic rings. The van der Waals surface area contributed by atoms with Gasteiger partial charge in [0.2, 0.25) is 0 Å². The average Bonchev–Trinajstić information content (AvgIpc) is 3.68. The third-order valence-electron chi connectivity index (χ3n) is 7.26. The molecule has 0 unspecified atom stereocenters. The first-order valence-electron chi connectivity index (χ1n) is 14.3. The minimum atomic E-state index is 0.729. The van der Waals surface area contributed by atoms with Gasteiger partial charge in [0, 0.05) is 60.4 Å². The summed E-state index contributed by atoms with van der Waals surface area (Å²) in [4.78, 5) is 4.87. The summed E-state index contributed by atoms with van der Waals surface area (Å²) in [5, 5.41) is 23.7. The van der Waals surface area contributed by atoms with Crippen LogP contribution in [0.25, 0.3) is 0 Å². The van der Waals surface area contributed by atoms with Crippen molar-refractivity contribution < 1.29 is 18.6 Å². The molecule has 2 aromatic carbocycles. The molecule has 10 nitrogen and oxygen atoms in total. The Bertz CT molecular complexity index is 1410. The number of hydrogen-bond acceptors (Lipinski definition) is 10. The Morgan fingerprint density at radius 2 is 1.10 bits per heavy atom. The number of ether oxygens (including phenoxy) is 2. The molecule has 2 aromatic heterocycles. The second-order valence-electron chi connectivity index (χ2n) is 9.74. The lowest BCUT2D eigenvalue weighted by Crippen LogP contribution is -2.36. The minimum absolute atomic E-state index is 0.729. The van der Waals surface area contributed by atoms with Gasteiger partial charge in [0.05, 0.1) is 37.5 Å². The van der Waals surface area contributed by atoms with Crippen LogP contribution in [-0.4, -0.2) is 40.4 Å². The van der Waals surface area contributed by atoms with Gasteiger partial charge in [-0.1, -0.05) is 0 Å². The molecule has 5 rings (SSSR count). The van der Waals surface area contributed by atoms with Crippen LogP contribution < -0.4 is 28.4 Å². The van der Waals surface area contributed by atoms with E-state index in [9.17, 15) is 0 Å². The van der Waals surface area contributed by atoms with Crippen molar-refractivity contribution >= 4 is 55.7 Å². The predicted molar refractivity (Wildman–Crippen MR) is 168 cm³/mol. The van der Waals surface area contributed by atoms with Gasteiger partial charge in [-0.3, -0.25) is 0 Å². The first-order chi connectivity index (χ1) is 20.6. The molecule has 1 aliphatic heterocycles. The summed E-state index contributed by atoms with van der Waals surface area (Å²) < 4.78 is 15.5. The number of hydrogen-bond donors (Lipinski definition) is 0. The summed E-state index contributed by atoms with van der Waals surface area (Å²) in [7, 11) is 3.37. The van der Waals surface area contributed by atoms with E-state index in [1.807, 2.05) is 35.3 Å². The quantitative estimate of drug-likeness (QED) is 0.139. The van der Waals surface area contributed by atoms with Crippen molar-refractivity contribution in [1.82, 2.24) is 0 Å². The Labute approximate surface area is 255 Å². The fourth-order valence-corrected chi connectivity index (χ4v) is 6.45. The average molecular weight is 607 g/mol. The van der Waals surface area contributed by atoms with E-state index in [1.54, 1.807) is 36.9 Å². The van der Waals surface area contributed by atoms with E-state index in [0.29, 0.717) is 0 Å². The molecule has 0 atom stereocenters. The molecule has 0 bridgehead atoms. The topological polar surface area (TPSA) is 82.1 Å². The van der Waals surface area contributed by atoms with E-state index in [4.69, 9.17) is 9.47 Å². The van der Waals surface area contributed by atoms with Crippen molar-refractivity contribution in [3.05, 3.63) is 59.6 Å². The molecule has 0 spiro atoms. The number of azo groups is 2. The van der Waals surface area contributed by atoms with Gasteiger partial charge in [0.15, 0.2) is 22.9 Å². The number of nitrogens with zero attached hydrogens (tertiary/aromatic N) is 8. The monoisotopic (exact) mass is 606 g/mol. The highest BCUT2D eigenvalue weighted by molar-refractivity contribution is 7.13. The van der Waals surface area contributed by atoms with Crippen molar-refractivity contribution in [1.29, 1.82) is 0 Å². The second kappa shape index (κ2) is 14.3. The fraction of sp³-hybridized carbons (Fsp3) is 0.400. The van der Waals surface area contributed by atoms with Gasteiger partial charge in [-0.05, 0) is 83.9 Å². The number of rotatable bonds is 10. The summed E-state index contributed by atoms with van der Waals surface area (Å²) in [6, 6.07) is 12.4. The van der Waals surface area contributed by atoms with E-state index >= 15 is 0 Å². The van der Waals surface area contributed by atoms with E-state index in [0.717, 1.165) is 96.6 Å². The largest absolute Gasteiger partial charge is 0.494 e. The highest BCUT2D eigenvalue weighted by Gasteiger charge is 2.19. The Balaban J connectivity index is 1.23. The molecule has 0 aliphatic carbocycles. The summed E-state index contributed by atoms with van der Waals surface area (Å²) >= 11 is 3.15. The Morgan fingerprint density at radius 3 is 1.48 bits per heavy atom. The van der Waals surface area contributed by atoms with E-state index in [-0.39, 0.29) is 0 Å². The molecule has 0 saturated carbocycles. The van der Waals surface area contributed by atoms with Crippen molar-refractivity contribution in [3.63, 3.8) is 0 Å². The molecule has 42 heavy (non-hydrogen) atoms. The molecule has 1 saturated heterocycles. The normalized spacial score (nSPS) is 14.5. The lowest BCUT2D eigenvalue weighted by atomic mass is 10.1. The molecule has 220 valence electrons.